The number of rotatable bonds is 4. The molecule has 0 aliphatic heterocycles. The van der Waals surface area contributed by atoms with Crippen molar-refractivity contribution in [3.05, 3.63) is 46.0 Å². The summed E-state index contributed by atoms with van der Waals surface area (Å²) in [6, 6.07) is 5.19. The van der Waals surface area contributed by atoms with E-state index in [0.29, 0.717) is 21.7 Å². The van der Waals surface area contributed by atoms with E-state index in [1.807, 2.05) is 7.05 Å². The molecule has 4 nitrogen and oxygen atoms in total. The second-order valence-corrected chi connectivity index (χ2v) is 5.01. The molecule has 19 heavy (non-hydrogen) atoms. The maximum Gasteiger partial charge on any atom is 0.147 e. The van der Waals surface area contributed by atoms with E-state index in [-0.39, 0.29) is 6.61 Å². The molecule has 1 N–H and O–H groups in total. The SMILES string of the molecule is C[C@@H](O)c1ccc(OCc2ncc(Cl)n2C)c(Cl)c1. The fourth-order valence-corrected chi connectivity index (χ4v) is 1.98. The molecule has 1 aromatic heterocycles. The topological polar surface area (TPSA) is 47.3 Å². The van der Waals surface area contributed by atoms with Crippen molar-refractivity contribution in [3.8, 4) is 5.75 Å². The van der Waals surface area contributed by atoms with Crippen LogP contribution < -0.4 is 4.74 Å². The highest BCUT2D eigenvalue weighted by atomic mass is 35.5. The molecule has 0 aliphatic rings. The summed E-state index contributed by atoms with van der Waals surface area (Å²) >= 11 is 12.0. The van der Waals surface area contributed by atoms with Gasteiger partial charge < -0.3 is 14.4 Å². The first-order valence-corrected chi connectivity index (χ1v) is 6.51. The van der Waals surface area contributed by atoms with Gasteiger partial charge in [-0.3, -0.25) is 0 Å². The largest absolute Gasteiger partial charge is 0.484 e. The van der Waals surface area contributed by atoms with Gasteiger partial charge in [0.2, 0.25) is 0 Å². The van der Waals surface area contributed by atoms with Crippen LogP contribution in [0.3, 0.4) is 0 Å². The molecule has 0 bridgehead atoms. The Labute approximate surface area is 121 Å². The standard InChI is InChI=1S/C13H14Cl2N2O2/c1-8(18)9-3-4-11(10(14)5-9)19-7-13-16-6-12(15)17(13)2/h3-6,8,18H,7H2,1-2H3/t8-/m1/s1. The predicted molar refractivity (Wildman–Crippen MR) is 74.6 cm³/mol. The quantitative estimate of drug-likeness (QED) is 0.942. The zero-order valence-corrected chi connectivity index (χ0v) is 12.1. The number of aliphatic hydroxyl groups is 1. The van der Waals surface area contributed by atoms with E-state index in [0.717, 1.165) is 5.56 Å². The molecular formula is C13H14Cl2N2O2. The maximum atomic E-state index is 9.46. The van der Waals surface area contributed by atoms with E-state index in [4.69, 9.17) is 27.9 Å². The number of aliphatic hydroxyl groups excluding tert-OH is 1. The Morgan fingerprint density at radius 3 is 2.68 bits per heavy atom. The highest BCUT2D eigenvalue weighted by Crippen LogP contribution is 2.28. The maximum absolute atomic E-state index is 9.46. The van der Waals surface area contributed by atoms with Gasteiger partial charge in [-0.05, 0) is 24.6 Å². The Morgan fingerprint density at radius 2 is 2.16 bits per heavy atom. The molecule has 0 fully saturated rings. The third-order valence-electron chi connectivity index (χ3n) is 2.82. The molecule has 0 unspecified atom stereocenters. The molecular weight excluding hydrogens is 287 g/mol. The number of imidazole rings is 1. The fourth-order valence-electron chi connectivity index (χ4n) is 1.59. The van der Waals surface area contributed by atoms with Crippen LogP contribution >= 0.6 is 23.2 Å². The summed E-state index contributed by atoms with van der Waals surface area (Å²) in [6.45, 7) is 1.96. The van der Waals surface area contributed by atoms with Gasteiger partial charge in [0.1, 0.15) is 23.3 Å². The zero-order valence-electron chi connectivity index (χ0n) is 10.6. The summed E-state index contributed by atoms with van der Waals surface area (Å²) in [5.74, 6) is 1.26. The third kappa shape index (κ3) is 3.21. The number of hydrogen-bond donors (Lipinski definition) is 1. The van der Waals surface area contributed by atoms with Gasteiger partial charge in [0, 0.05) is 7.05 Å². The average molecular weight is 301 g/mol. The van der Waals surface area contributed by atoms with Crippen molar-refractivity contribution in [2.45, 2.75) is 19.6 Å². The molecule has 0 saturated heterocycles. The van der Waals surface area contributed by atoms with Crippen LogP contribution in [0.2, 0.25) is 10.2 Å². The minimum atomic E-state index is -0.556. The second kappa shape index (κ2) is 5.82. The summed E-state index contributed by atoms with van der Waals surface area (Å²) < 4.78 is 7.33. The van der Waals surface area contributed by atoms with Crippen LogP contribution in [0.25, 0.3) is 0 Å². The Balaban J connectivity index is 2.10. The van der Waals surface area contributed by atoms with Gasteiger partial charge in [-0.1, -0.05) is 29.3 Å². The molecule has 0 radical (unpaired) electrons. The van der Waals surface area contributed by atoms with E-state index in [2.05, 4.69) is 4.98 Å². The first-order chi connectivity index (χ1) is 8.99. The van der Waals surface area contributed by atoms with Gasteiger partial charge in [-0.15, -0.1) is 0 Å². The van der Waals surface area contributed by atoms with E-state index >= 15 is 0 Å². The molecule has 1 heterocycles. The fraction of sp³-hybridized carbons (Fsp3) is 0.308. The van der Waals surface area contributed by atoms with E-state index < -0.39 is 6.10 Å². The molecule has 102 valence electrons. The molecule has 0 saturated carbocycles. The van der Waals surface area contributed by atoms with Gasteiger partial charge in [0.15, 0.2) is 0 Å². The number of halogens is 2. The highest BCUT2D eigenvalue weighted by Gasteiger charge is 2.09. The summed E-state index contributed by atoms with van der Waals surface area (Å²) in [6.07, 6.45) is 1.01. The van der Waals surface area contributed by atoms with Crippen molar-refractivity contribution < 1.29 is 9.84 Å². The lowest BCUT2D eigenvalue weighted by atomic mass is 10.1. The van der Waals surface area contributed by atoms with Crippen LogP contribution in [-0.2, 0) is 13.7 Å². The second-order valence-electron chi connectivity index (χ2n) is 4.21. The van der Waals surface area contributed by atoms with Crippen molar-refractivity contribution >= 4 is 23.2 Å². The van der Waals surface area contributed by atoms with Crippen molar-refractivity contribution in [3.63, 3.8) is 0 Å². The monoisotopic (exact) mass is 300 g/mol. The molecule has 1 aromatic carbocycles. The van der Waals surface area contributed by atoms with Gasteiger partial charge in [-0.2, -0.15) is 0 Å². The molecule has 0 amide bonds. The van der Waals surface area contributed by atoms with Crippen molar-refractivity contribution in [1.82, 2.24) is 9.55 Å². The number of aromatic nitrogens is 2. The van der Waals surface area contributed by atoms with E-state index in [1.54, 1.807) is 35.9 Å². The molecule has 6 heteroatoms. The summed E-state index contributed by atoms with van der Waals surface area (Å²) in [5.41, 5.74) is 0.748. The highest BCUT2D eigenvalue weighted by molar-refractivity contribution is 6.32. The number of benzene rings is 1. The molecule has 2 aromatic rings. The summed E-state index contributed by atoms with van der Waals surface area (Å²) in [4.78, 5) is 4.13. The summed E-state index contributed by atoms with van der Waals surface area (Å²) in [7, 11) is 1.81. The first kappa shape index (κ1) is 14.2. The van der Waals surface area contributed by atoms with Gasteiger partial charge >= 0.3 is 0 Å². The van der Waals surface area contributed by atoms with Crippen LogP contribution in [0.4, 0.5) is 0 Å². The summed E-state index contributed by atoms with van der Waals surface area (Å²) in [5, 5.41) is 10.5. The van der Waals surface area contributed by atoms with Crippen LogP contribution in [0, 0.1) is 0 Å². The smallest absolute Gasteiger partial charge is 0.147 e. The number of ether oxygens (including phenoxy) is 1. The third-order valence-corrected chi connectivity index (χ3v) is 3.47. The van der Waals surface area contributed by atoms with Crippen LogP contribution in [0.5, 0.6) is 5.75 Å². The minimum absolute atomic E-state index is 0.275. The molecule has 0 spiro atoms. The van der Waals surface area contributed by atoms with Crippen LogP contribution in [0.1, 0.15) is 24.4 Å². The lowest BCUT2D eigenvalue weighted by molar-refractivity contribution is 0.199. The zero-order chi connectivity index (χ0) is 14.0. The Kier molecular flexibility index (Phi) is 4.34. The lowest BCUT2D eigenvalue weighted by Crippen LogP contribution is -2.04. The number of hydrogen-bond acceptors (Lipinski definition) is 3. The van der Waals surface area contributed by atoms with E-state index in [9.17, 15) is 5.11 Å². The lowest BCUT2D eigenvalue weighted by Gasteiger charge is -2.10. The van der Waals surface area contributed by atoms with Gasteiger partial charge in [0.25, 0.3) is 0 Å². The van der Waals surface area contributed by atoms with Crippen molar-refractivity contribution in [2.24, 2.45) is 7.05 Å². The Hall–Kier alpha value is -1.23. The minimum Gasteiger partial charge on any atom is -0.484 e. The Morgan fingerprint density at radius 1 is 1.42 bits per heavy atom. The van der Waals surface area contributed by atoms with Crippen LogP contribution in [0.15, 0.2) is 24.4 Å². The molecule has 0 aliphatic carbocycles. The molecule has 2 rings (SSSR count). The Bertz CT molecular complexity index is 582. The van der Waals surface area contributed by atoms with E-state index in [1.165, 1.54) is 0 Å². The average Bonchev–Trinajstić information content (AvgIpc) is 2.68. The normalized spacial score (nSPS) is 12.5. The van der Waals surface area contributed by atoms with Gasteiger partial charge in [0.05, 0.1) is 17.3 Å². The molecule has 1 atom stereocenters. The van der Waals surface area contributed by atoms with Crippen molar-refractivity contribution in [2.75, 3.05) is 0 Å². The predicted octanol–water partition coefficient (Wildman–Crippen LogP) is 3.36. The van der Waals surface area contributed by atoms with Gasteiger partial charge in [-0.25, -0.2) is 4.98 Å². The van der Waals surface area contributed by atoms with Crippen LogP contribution in [-0.4, -0.2) is 14.7 Å². The number of nitrogens with zero attached hydrogens (tertiary/aromatic N) is 2. The van der Waals surface area contributed by atoms with Crippen molar-refractivity contribution in [1.29, 1.82) is 0 Å². The first-order valence-electron chi connectivity index (χ1n) is 5.75.